The lowest BCUT2D eigenvalue weighted by Crippen LogP contribution is -2.31. The van der Waals surface area contributed by atoms with Gasteiger partial charge >= 0.3 is 5.97 Å². The van der Waals surface area contributed by atoms with Crippen LogP contribution in [0.1, 0.15) is 36.8 Å². The molecule has 1 heterocycles. The quantitative estimate of drug-likeness (QED) is 0.725. The Morgan fingerprint density at radius 2 is 2.14 bits per heavy atom. The molecular formula is C14H22N2O4S. The first-order valence-electron chi connectivity index (χ1n) is 6.92. The Hall–Kier alpha value is -1.50. The molecule has 0 saturated carbocycles. The Morgan fingerprint density at radius 3 is 2.67 bits per heavy atom. The van der Waals surface area contributed by atoms with Crippen LogP contribution in [0.25, 0.3) is 0 Å². The zero-order valence-corrected chi connectivity index (χ0v) is 13.5. The number of aliphatic carboxylic acids is 1. The van der Waals surface area contributed by atoms with Gasteiger partial charge in [-0.25, -0.2) is 0 Å². The van der Waals surface area contributed by atoms with Crippen LogP contribution in [0.3, 0.4) is 0 Å². The van der Waals surface area contributed by atoms with Crippen molar-refractivity contribution in [2.24, 2.45) is 5.92 Å². The van der Waals surface area contributed by atoms with Crippen LogP contribution in [0.15, 0.2) is 4.52 Å². The van der Waals surface area contributed by atoms with E-state index in [1.54, 1.807) is 0 Å². The van der Waals surface area contributed by atoms with Gasteiger partial charge in [0.05, 0.1) is 11.4 Å². The zero-order chi connectivity index (χ0) is 15.8. The maximum atomic E-state index is 11.7. The lowest BCUT2D eigenvalue weighted by atomic mass is 10.0. The molecule has 0 bridgehead atoms. The molecule has 7 heteroatoms. The molecule has 0 spiro atoms. The summed E-state index contributed by atoms with van der Waals surface area (Å²) >= 11 is 1.49. The first-order valence-corrected chi connectivity index (χ1v) is 8.07. The number of nitrogens with one attached hydrogen (secondary N) is 1. The van der Waals surface area contributed by atoms with E-state index in [2.05, 4.69) is 10.5 Å². The first kappa shape index (κ1) is 17.6. The van der Waals surface area contributed by atoms with Crippen molar-refractivity contribution in [1.29, 1.82) is 0 Å². The van der Waals surface area contributed by atoms with Crippen LogP contribution in [0.5, 0.6) is 0 Å². The second-order valence-electron chi connectivity index (χ2n) is 4.97. The van der Waals surface area contributed by atoms with E-state index < -0.39 is 5.97 Å². The number of nitrogens with zero attached hydrogens (tertiary/aromatic N) is 1. The van der Waals surface area contributed by atoms with Gasteiger partial charge in [0, 0.05) is 24.3 Å². The van der Waals surface area contributed by atoms with E-state index >= 15 is 0 Å². The van der Waals surface area contributed by atoms with Crippen molar-refractivity contribution < 1.29 is 19.2 Å². The summed E-state index contributed by atoms with van der Waals surface area (Å²) in [5.74, 6) is 0.889. The first-order chi connectivity index (χ1) is 9.93. The van der Waals surface area contributed by atoms with E-state index in [0.717, 1.165) is 23.4 Å². The van der Waals surface area contributed by atoms with Crippen LogP contribution in [-0.2, 0) is 15.3 Å². The summed E-state index contributed by atoms with van der Waals surface area (Å²) in [6.45, 7) is 6.07. The largest absolute Gasteiger partial charge is 0.481 e. The molecule has 1 aromatic rings. The third kappa shape index (κ3) is 6.20. The smallest absolute Gasteiger partial charge is 0.303 e. The van der Waals surface area contributed by atoms with Crippen molar-refractivity contribution in [1.82, 2.24) is 10.5 Å². The SMILES string of the molecule is CCC(CNC(=O)CSCc1c(C)noc1C)CC(=O)O. The van der Waals surface area contributed by atoms with Crippen molar-refractivity contribution in [3.8, 4) is 0 Å². The van der Waals surface area contributed by atoms with Gasteiger partial charge in [0.1, 0.15) is 5.76 Å². The van der Waals surface area contributed by atoms with Crippen LogP contribution in [-0.4, -0.2) is 34.4 Å². The fraction of sp³-hybridized carbons (Fsp3) is 0.643. The minimum Gasteiger partial charge on any atom is -0.481 e. The highest BCUT2D eigenvalue weighted by Gasteiger charge is 2.13. The predicted molar refractivity (Wildman–Crippen MR) is 81.2 cm³/mol. The Bertz CT molecular complexity index is 468. The standard InChI is InChI=1S/C14H22N2O4S/c1-4-11(5-14(18)19)6-15-13(17)8-21-7-12-9(2)16-20-10(12)3/h11H,4-8H2,1-3H3,(H,15,17)(H,18,19). The molecule has 1 aromatic heterocycles. The number of carbonyl (C=O) groups excluding carboxylic acids is 1. The molecule has 0 aromatic carbocycles. The highest BCUT2D eigenvalue weighted by atomic mass is 32.2. The molecule has 0 aliphatic rings. The topological polar surface area (TPSA) is 92.4 Å². The van der Waals surface area contributed by atoms with E-state index in [4.69, 9.17) is 9.63 Å². The number of hydrogen-bond acceptors (Lipinski definition) is 5. The van der Waals surface area contributed by atoms with Crippen molar-refractivity contribution in [3.05, 3.63) is 17.0 Å². The van der Waals surface area contributed by atoms with Crippen LogP contribution in [0, 0.1) is 19.8 Å². The summed E-state index contributed by atoms with van der Waals surface area (Å²) < 4.78 is 5.06. The summed E-state index contributed by atoms with van der Waals surface area (Å²) in [6, 6.07) is 0. The number of thioether (sulfide) groups is 1. The Labute approximate surface area is 128 Å². The van der Waals surface area contributed by atoms with Gasteiger partial charge in [0.15, 0.2) is 0 Å². The van der Waals surface area contributed by atoms with Gasteiger partial charge in [-0.3, -0.25) is 9.59 Å². The van der Waals surface area contributed by atoms with Crippen molar-refractivity contribution >= 4 is 23.6 Å². The highest BCUT2D eigenvalue weighted by Crippen LogP contribution is 2.19. The zero-order valence-electron chi connectivity index (χ0n) is 12.6. The second kappa shape index (κ2) is 8.71. The average molecular weight is 314 g/mol. The Morgan fingerprint density at radius 1 is 1.43 bits per heavy atom. The summed E-state index contributed by atoms with van der Waals surface area (Å²) in [5, 5.41) is 15.4. The molecule has 0 radical (unpaired) electrons. The lowest BCUT2D eigenvalue weighted by Gasteiger charge is -2.13. The minimum atomic E-state index is -0.830. The number of rotatable bonds is 9. The predicted octanol–water partition coefficient (Wildman–Crippen LogP) is 2.14. The molecular weight excluding hydrogens is 292 g/mol. The van der Waals surface area contributed by atoms with E-state index in [9.17, 15) is 9.59 Å². The summed E-state index contributed by atoms with van der Waals surface area (Å²) in [5.41, 5.74) is 1.89. The van der Waals surface area contributed by atoms with Crippen molar-refractivity contribution in [2.75, 3.05) is 12.3 Å². The monoisotopic (exact) mass is 314 g/mol. The van der Waals surface area contributed by atoms with Crippen molar-refractivity contribution in [3.63, 3.8) is 0 Å². The van der Waals surface area contributed by atoms with Crippen LogP contribution in [0.4, 0.5) is 0 Å². The van der Waals surface area contributed by atoms with Crippen LogP contribution < -0.4 is 5.32 Å². The van der Waals surface area contributed by atoms with Gasteiger partial charge < -0.3 is 14.9 Å². The Kier molecular flexibility index (Phi) is 7.28. The summed E-state index contributed by atoms with van der Waals surface area (Å²) in [7, 11) is 0. The molecule has 0 saturated heterocycles. The second-order valence-corrected chi connectivity index (χ2v) is 5.96. The molecule has 0 fully saturated rings. The molecule has 2 N–H and O–H groups in total. The van der Waals surface area contributed by atoms with Crippen LogP contribution >= 0.6 is 11.8 Å². The third-order valence-electron chi connectivity index (χ3n) is 3.29. The molecule has 1 rings (SSSR count). The summed E-state index contributed by atoms with van der Waals surface area (Å²) in [4.78, 5) is 22.4. The van der Waals surface area contributed by atoms with E-state index in [-0.39, 0.29) is 18.2 Å². The normalized spacial score (nSPS) is 12.1. The molecule has 6 nitrogen and oxygen atoms in total. The van der Waals surface area contributed by atoms with Gasteiger partial charge in [0.2, 0.25) is 5.91 Å². The minimum absolute atomic E-state index is 0.0148. The van der Waals surface area contributed by atoms with Gasteiger partial charge in [-0.05, 0) is 19.8 Å². The third-order valence-corrected chi connectivity index (χ3v) is 4.25. The number of aryl methyl sites for hydroxylation is 2. The number of carboxylic acid groups (broad SMARTS) is 1. The van der Waals surface area contributed by atoms with Gasteiger partial charge in [-0.1, -0.05) is 18.5 Å². The molecule has 118 valence electrons. The number of carboxylic acids is 1. The number of aromatic nitrogens is 1. The molecule has 0 aliphatic heterocycles. The highest BCUT2D eigenvalue weighted by molar-refractivity contribution is 7.99. The van der Waals surface area contributed by atoms with Gasteiger partial charge in [-0.2, -0.15) is 0 Å². The molecule has 21 heavy (non-hydrogen) atoms. The van der Waals surface area contributed by atoms with Crippen LogP contribution in [0.2, 0.25) is 0 Å². The molecule has 1 unspecified atom stereocenters. The number of carbonyl (C=O) groups is 2. The summed E-state index contributed by atoms with van der Waals surface area (Å²) in [6.07, 6.45) is 0.821. The molecule has 1 atom stereocenters. The maximum absolute atomic E-state index is 11.7. The van der Waals surface area contributed by atoms with Gasteiger partial charge in [-0.15, -0.1) is 11.8 Å². The maximum Gasteiger partial charge on any atom is 0.303 e. The fourth-order valence-corrected chi connectivity index (χ4v) is 2.88. The number of amides is 1. The van der Waals surface area contributed by atoms with E-state index in [1.165, 1.54) is 11.8 Å². The molecule has 0 aliphatic carbocycles. The number of hydrogen-bond donors (Lipinski definition) is 2. The van der Waals surface area contributed by atoms with Crippen molar-refractivity contribution in [2.45, 2.75) is 39.4 Å². The average Bonchev–Trinajstić information content (AvgIpc) is 2.74. The Balaban J connectivity index is 2.26. The molecule has 1 amide bonds. The van der Waals surface area contributed by atoms with E-state index in [1.807, 2.05) is 20.8 Å². The fourth-order valence-electron chi connectivity index (χ4n) is 1.87. The lowest BCUT2D eigenvalue weighted by molar-refractivity contribution is -0.138. The van der Waals surface area contributed by atoms with E-state index in [0.29, 0.717) is 18.1 Å². The van der Waals surface area contributed by atoms with Gasteiger partial charge in [0.25, 0.3) is 0 Å².